The van der Waals surface area contributed by atoms with Crippen molar-refractivity contribution in [1.29, 1.82) is 0 Å². The van der Waals surface area contributed by atoms with Gasteiger partial charge in [0.1, 0.15) is 12.0 Å². The van der Waals surface area contributed by atoms with Crippen molar-refractivity contribution < 1.29 is 4.79 Å². The summed E-state index contributed by atoms with van der Waals surface area (Å²) >= 11 is 0. The van der Waals surface area contributed by atoms with Gasteiger partial charge in [-0.1, -0.05) is 0 Å². The van der Waals surface area contributed by atoms with Gasteiger partial charge in [0, 0.05) is 25.6 Å². The largest absolute Gasteiger partial charge is 0.331 e. The summed E-state index contributed by atoms with van der Waals surface area (Å²) in [5.41, 5.74) is 0.356. The fourth-order valence-electron chi connectivity index (χ4n) is 1.12. The van der Waals surface area contributed by atoms with Crippen LogP contribution < -0.4 is 0 Å². The summed E-state index contributed by atoms with van der Waals surface area (Å²) in [6.07, 6.45) is 6.17. The maximum absolute atomic E-state index is 11.8. The molecule has 5 heteroatoms. The van der Waals surface area contributed by atoms with Crippen molar-refractivity contribution in [3.8, 4) is 0 Å². The Kier molecular flexibility index (Phi) is 2.06. The molecule has 0 amide bonds. The van der Waals surface area contributed by atoms with E-state index >= 15 is 0 Å². The Morgan fingerprint density at radius 3 is 2.79 bits per heavy atom. The molecular weight excluding hydrogens is 180 g/mol. The summed E-state index contributed by atoms with van der Waals surface area (Å²) in [4.78, 5) is 23.3. The Balaban J connectivity index is 2.39. The average molecular weight is 188 g/mol. The van der Waals surface area contributed by atoms with Gasteiger partial charge in [-0.2, -0.15) is 0 Å². The van der Waals surface area contributed by atoms with Crippen molar-refractivity contribution in [2.75, 3.05) is 0 Å². The molecule has 2 aromatic rings. The highest BCUT2D eigenvalue weighted by Crippen LogP contribution is 2.02. The van der Waals surface area contributed by atoms with Crippen LogP contribution in [0.15, 0.2) is 31.0 Å². The molecule has 0 bridgehead atoms. The summed E-state index contributed by atoms with van der Waals surface area (Å²) in [5, 5.41) is 0. The van der Waals surface area contributed by atoms with Crippen molar-refractivity contribution in [2.45, 2.75) is 0 Å². The van der Waals surface area contributed by atoms with Crippen LogP contribution in [-0.2, 0) is 7.05 Å². The minimum atomic E-state index is -0.195. The van der Waals surface area contributed by atoms with Crippen LogP contribution in [0.2, 0.25) is 0 Å². The van der Waals surface area contributed by atoms with E-state index < -0.39 is 0 Å². The van der Waals surface area contributed by atoms with Crippen LogP contribution in [0.1, 0.15) is 16.3 Å². The van der Waals surface area contributed by atoms with Crippen LogP contribution in [0.5, 0.6) is 0 Å². The lowest BCUT2D eigenvalue weighted by Crippen LogP contribution is -2.10. The maximum Gasteiger partial charge on any atom is 0.246 e. The number of ketones is 1. The Labute approximate surface area is 80.5 Å². The molecular formula is C9H8N4O. The standard InChI is InChI=1S/C9H8N4O/c1-13-5-4-11-9(13)8(14)7-2-3-10-6-12-7/h2-6H,1H3. The van der Waals surface area contributed by atoms with Gasteiger partial charge in [-0.05, 0) is 6.07 Å². The second-order valence-electron chi connectivity index (χ2n) is 2.79. The van der Waals surface area contributed by atoms with Gasteiger partial charge in [0.05, 0.1) is 0 Å². The van der Waals surface area contributed by atoms with Gasteiger partial charge in [-0.3, -0.25) is 4.79 Å². The number of aromatic nitrogens is 4. The van der Waals surface area contributed by atoms with Gasteiger partial charge >= 0.3 is 0 Å². The Morgan fingerprint density at radius 1 is 1.36 bits per heavy atom. The third-order valence-electron chi connectivity index (χ3n) is 1.84. The second kappa shape index (κ2) is 3.37. The van der Waals surface area contributed by atoms with Crippen LogP contribution in [0, 0.1) is 0 Å². The lowest BCUT2D eigenvalue weighted by molar-refractivity contribution is 0.102. The molecule has 0 aliphatic carbocycles. The monoisotopic (exact) mass is 188 g/mol. The number of carbonyl (C=O) groups is 1. The van der Waals surface area contributed by atoms with Crippen LogP contribution in [-0.4, -0.2) is 25.3 Å². The lowest BCUT2D eigenvalue weighted by atomic mass is 10.2. The van der Waals surface area contributed by atoms with Crippen molar-refractivity contribution in [3.05, 3.63) is 42.5 Å². The first-order valence-corrected chi connectivity index (χ1v) is 4.07. The Morgan fingerprint density at radius 2 is 2.21 bits per heavy atom. The van der Waals surface area contributed by atoms with Crippen molar-refractivity contribution >= 4 is 5.78 Å². The van der Waals surface area contributed by atoms with Crippen LogP contribution in [0.4, 0.5) is 0 Å². The van der Waals surface area contributed by atoms with Gasteiger partial charge in [0.2, 0.25) is 5.78 Å². The van der Waals surface area contributed by atoms with Gasteiger partial charge in [-0.25, -0.2) is 15.0 Å². The molecule has 0 aliphatic rings. The summed E-state index contributed by atoms with van der Waals surface area (Å²) < 4.78 is 1.66. The zero-order valence-electron chi connectivity index (χ0n) is 7.58. The molecule has 0 aromatic carbocycles. The minimum absolute atomic E-state index is 0.195. The van der Waals surface area contributed by atoms with Crippen molar-refractivity contribution in [1.82, 2.24) is 19.5 Å². The molecule has 0 aliphatic heterocycles. The Bertz CT molecular complexity index is 449. The molecule has 2 heterocycles. The van der Waals surface area contributed by atoms with E-state index in [1.54, 1.807) is 30.1 Å². The fraction of sp³-hybridized carbons (Fsp3) is 0.111. The predicted molar refractivity (Wildman–Crippen MR) is 48.7 cm³/mol. The van der Waals surface area contributed by atoms with Crippen LogP contribution in [0.25, 0.3) is 0 Å². The van der Waals surface area contributed by atoms with E-state index in [0.29, 0.717) is 11.5 Å². The molecule has 14 heavy (non-hydrogen) atoms. The van der Waals surface area contributed by atoms with Crippen LogP contribution in [0.3, 0.4) is 0 Å². The number of aryl methyl sites for hydroxylation is 1. The summed E-state index contributed by atoms with van der Waals surface area (Å²) in [6.45, 7) is 0. The third-order valence-corrected chi connectivity index (χ3v) is 1.84. The number of nitrogens with zero attached hydrogens (tertiary/aromatic N) is 4. The zero-order chi connectivity index (χ0) is 9.97. The van der Waals surface area contributed by atoms with E-state index in [4.69, 9.17) is 0 Å². The molecule has 70 valence electrons. The summed E-state index contributed by atoms with van der Waals surface area (Å²) in [7, 11) is 1.77. The van der Waals surface area contributed by atoms with E-state index in [1.165, 1.54) is 12.5 Å². The highest BCUT2D eigenvalue weighted by atomic mass is 16.1. The first-order valence-electron chi connectivity index (χ1n) is 4.07. The molecule has 0 saturated heterocycles. The molecule has 0 fully saturated rings. The van der Waals surface area contributed by atoms with Crippen molar-refractivity contribution in [3.63, 3.8) is 0 Å². The van der Waals surface area contributed by atoms with Gasteiger partial charge in [0.25, 0.3) is 0 Å². The normalized spacial score (nSPS) is 10.1. The quantitative estimate of drug-likeness (QED) is 0.641. The van der Waals surface area contributed by atoms with Gasteiger partial charge in [-0.15, -0.1) is 0 Å². The number of carbonyl (C=O) groups excluding carboxylic acids is 1. The van der Waals surface area contributed by atoms with E-state index in [0.717, 1.165) is 0 Å². The third kappa shape index (κ3) is 1.39. The highest BCUT2D eigenvalue weighted by molar-refractivity contribution is 6.05. The topological polar surface area (TPSA) is 60.7 Å². The summed E-state index contributed by atoms with van der Waals surface area (Å²) in [6, 6.07) is 1.57. The first kappa shape index (κ1) is 8.55. The molecule has 0 saturated carbocycles. The number of hydrogen-bond acceptors (Lipinski definition) is 4. The highest BCUT2D eigenvalue weighted by Gasteiger charge is 2.13. The zero-order valence-corrected chi connectivity index (χ0v) is 7.58. The van der Waals surface area contributed by atoms with Gasteiger partial charge < -0.3 is 4.57 Å². The Hall–Kier alpha value is -2.04. The SMILES string of the molecule is Cn1ccnc1C(=O)c1ccncn1. The number of hydrogen-bond donors (Lipinski definition) is 0. The molecule has 0 atom stereocenters. The van der Waals surface area contributed by atoms with Gasteiger partial charge in [0.15, 0.2) is 5.82 Å². The van der Waals surface area contributed by atoms with E-state index in [9.17, 15) is 4.79 Å². The van der Waals surface area contributed by atoms with E-state index in [1.807, 2.05) is 0 Å². The molecule has 2 aromatic heterocycles. The summed E-state index contributed by atoms with van der Waals surface area (Å²) in [5.74, 6) is 0.184. The predicted octanol–water partition coefficient (Wildman–Crippen LogP) is 0.441. The number of imidazole rings is 1. The molecule has 0 spiro atoms. The van der Waals surface area contributed by atoms with E-state index in [-0.39, 0.29) is 5.78 Å². The molecule has 0 radical (unpaired) electrons. The smallest absolute Gasteiger partial charge is 0.246 e. The maximum atomic E-state index is 11.8. The molecule has 5 nitrogen and oxygen atoms in total. The lowest BCUT2D eigenvalue weighted by Gasteiger charge is -1.98. The fourth-order valence-corrected chi connectivity index (χ4v) is 1.12. The van der Waals surface area contributed by atoms with Crippen molar-refractivity contribution in [2.24, 2.45) is 7.05 Å². The molecule has 0 unspecified atom stereocenters. The first-order chi connectivity index (χ1) is 6.79. The number of rotatable bonds is 2. The molecule has 2 rings (SSSR count). The van der Waals surface area contributed by atoms with E-state index in [2.05, 4.69) is 15.0 Å². The van der Waals surface area contributed by atoms with Crippen LogP contribution >= 0.6 is 0 Å². The molecule has 0 N–H and O–H groups in total. The second-order valence-corrected chi connectivity index (χ2v) is 2.79. The average Bonchev–Trinajstić information content (AvgIpc) is 2.65. The minimum Gasteiger partial charge on any atom is -0.331 e.